The predicted molar refractivity (Wildman–Crippen MR) is 86.8 cm³/mol. The highest BCUT2D eigenvalue weighted by molar-refractivity contribution is 7.85. The topological polar surface area (TPSA) is 49.9 Å². The van der Waals surface area contributed by atoms with E-state index >= 15 is 0 Å². The molecule has 1 unspecified atom stereocenters. The number of H-pyrrole nitrogens is 1. The minimum atomic E-state index is -1.45. The average molecular weight is 369 g/mol. The van der Waals surface area contributed by atoms with Crippen molar-refractivity contribution in [3.63, 3.8) is 0 Å². The molecular formula is C17H11F4NO2S. The number of carbonyl (C=O) groups is 1. The van der Waals surface area contributed by atoms with Gasteiger partial charge in [-0.25, -0.2) is 17.6 Å². The number of halogens is 4. The van der Waals surface area contributed by atoms with Crippen LogP contribution in [0.5, 0.6) is 0 Å². The van der Waals surface area contributed by atoms with Crippen molar-refractivity contribution in [2.24, 2.45) is 0 Å². The van der Waals surface area contributed by atoms with Gasteiger partial charge < -0.3 is 4.98 Å². The van der Waals surface area contributed by atoms with Crippen LogP contribution in [0.3, 0.4) is 0 Å². The number of hydrogen-bond donors (Lipinski definition) is 1. The number of rotatable bonds is 4. The summed E-state index contributed by atoms with van der Waals surface area (Å²) in [4.78, 5) is 15.0. The lowest BCUT2D eigenvalue weighted by Crippen LogP contribution is -2.11. The van der Waals surface area contributed by atoms with Gasteiger partial charge in [0, 0.05) is 39.6 Å². The van der Waals surface area contributed by atoms with E-state index in [4.69, 9.17) is 0 Å². The second-order valence-corrected chi connectivity index (χ2v) is 6.89. The molecule has 0 saturated carbocycles. The van der Waals surface area contributed by atoms with Gasteiger partial charge in [0.1, 0.15) is 0 Å². The second kappa shape index (κ2) is 6.44. The van der Waals surface area contributed by atoms with Crippen LogP contribution in [0.2, 0.25) is 0 Å². The van der Waals surface area contributed by atoms with E-state index in [0.717, 1.165) is 24.3 Å². The molecule has 1 heterocycles. The Kier molecular flexibility index (Phi) is 4.47. The molecule has 0 aliphatic carbocycles. The number of benzene rings is 2. The number of hydrogen-bond acceptors (Lipinski definition) is 2. The number of fused-ring (bicyclic) bond motifs is 1. The minimum Gasteiger partial charge on any atom is -0.351 e. The molecule has 3 nitrogen and oxygen atoms in total. The van der Waals surface area contributed by atoms with Crippen molar-refractivity contribution in [3.8, 4) is 11.1 Å². The third kappa shape index (κ3) is 3.21. The maximum Gasteiger partial charge on any atom is 0.192 e. The molecule has 2 aromatic carbocycles. The van der Waals surface area contributed by atoms with Crippen LogP contribution in [0.1, 0.15) is 10.5 Å². The number of nitrogens with one attached hydrogen (secondary N) is 1. The van der Waals surface area contributed by atoms with Gasteiger partial charge >= 0.3 is 0 Å². The molecule has 130 valence electrons. The first-order chi connectivity index (χ1) is 11.8. The molecule has 0 saturated heterocycles. The molecule has 1 atom stereocenters. The fourth-order valence-corrected chi connectivity index (χ4v) is 3.12. The van der Waals surface area contributed by atoms with Gasteiger partial charge in [0.05, 0.1) is 11.4 Å². The third-order valence-electron chi connectivity index (χ3n) is 3.66. The number of carbonyl (C=O) groups excluding carboxylic acids is 1. The van der Waals surface area contributed by atoms with Crippen LogP contribution in [0.15, 0.2) is 30.3 Å². The van der Waals surface area contributed by atoms with Crippen molar-refractivity contribution < 1.29 is 26.6 Å². The van der Waals surface area contributed by atoms with Gasteiger partial charge in [0.15, 0.2) is 29.1 Å². The molecule has 0 bridgehead atoms. The number of aromatic nitrogens is 1. The first kappa shape index (κ1) is 17.3. The molecule has 0 aliphatic rings. The molecule has 1 N–H and O–H groups in total. The average Bonchev–Trinajstić information content (AvgIpc) is 2.88. The first-order valence-electron chi connectivity index (χ1n) is 7.07. The van der Waals surface area contributed by atoms with Gasteiger partial charge in [0.2, 0.25) is 0 Å². The predicted octanol–water partition coefficient (Wildman–Crippen LogP) is 3.95. The summed E-state index contributed by atoms with van der Waals surface area (Å²) < 4.78 is 65.3. The summed E-state index contributed by atoms with van der Waals surface area (Å²) in [6.07, 6.45) is 1.33. The summed E-state index contributed by atoms with van der Waals surface area (Å²) in [6.45, 7) is 0. The van der Waals surface area contributed by atoms with Gasteiger partial charge in [0.25, 0.3) is 0 Å². The zero-order chi connectivity index (χ0) is 18.3. The molecule has 1 aromatic heterocycles. The molecule has 3 aromatic rings. The lowest BCUT2D eigenvalue weighted by atomic mass is 10.00. The Labute approximate surface area is 142 Å². The van der Waals surface area contributed by atoms with Gasteiger partial charge in [-0.3, -0.25) is 9.00 Å². The Morgan fingerprint density at radius 2 is 1.64 bits per heavy atom. The highest BCUT2D eigenvalue weighted by atomic mass is 32.2. The van der Waals surface area contributed by atoms with E-state index in [9.17, 15) is 26.6 Å². The molecule has 0 radical (unpaired) electrons. The van der Waals surface area contributed by atoms with Gasteiger partial charge in [-0.2, -0.15) is 0 Å². The van der Waals surface area contributed by atoms with Crippen molar-refractivity contribution in [3.05, 3.63) is 59.3 Å². The van der Waals surface area contributed by atoms with Crippen molar-refractivity contribution in [1.82, 2.24) is 4.98 Å². The Hall–Kier alpha value is -2.48. The smallest absolute Gasteiger partial charge is 0.192 e. The summed E-state index contributed by atoms with van der Waals surface area (Å²) >= 11 is 0. The molecule has 25 heavy (non-hydrogen) atoms. The molecule has 0 spiro atoms. The zero-order valence-electron chi connectivity index (χ0n) is 12.8. The van der Waals surface area contributed by atoms with Crippen LogP contribution in [-0.4, -0.2) is 27.0 Å². The van der Waals surface area contributed by atoms with Crippen molar-refractivity contribution in [1.29, 1.82) is 0 Å². The van der Waals surface area contributed by atoms with Crippen LogP contribution in [0.25, 0.3) is 22.0 Å². The monoisotopic (exact) mass is 369 g/mol. The Bertz CT molecular complexity index is 1030. The second-order valence-electron chi connectivity index (χ2n) is 5.46. The maximum atomic E-state index is 13.7. The SMILES string of the molecule is CS(=O)CC(=O)c1[nH]c2cc(F)c(F)cc2c1-c1ccc(F)c(F)c1. The molecule has 8 heteroatoms. The first-order valence-corrected chi connectivity index (χ1v) is 8.80. The fraction of sp³-hybridized carbons (Fsp3) is 0.118. The largest absolute Gasteiger partial charge is 0.351 e. The Morgan fingerprint density at radius 3 is 2.28 bits per heavy atom. The lowest BCUT2D eigenvalue weighted by molar-refractivity contribution is 0.101. The summed E-state index contributed by atoms with van der Waals surface area (Å²) in [5.74, 6) is -5.39. The van der Waals surface area contributed by atoms with E-state index in [1.54, 1.807) is 0 Å². The summed E-state index contributed by atoms with van der Waals surface area (Å²) in [5, 5.41) is 0.134. The fourth-order valence-electron chi connectivity index (χ4n) is 2.61. The quantitative estimate of drug-likeness (QED) is 0.559. The van der Waals surface area contributed by atoms with Gasteiger partial charge in [-0.05, 0) is 23.8 Å². The van der Waals surface area contributed by atoms with E-state index < -0.39 is 39.9 Å². The Morgan fingerprint density at radius 1 is 1.00 bits per heavy atom. The lowest BCUT2D eigenvalue weighted by Gasteiger charge is -2.05. The molecule has 0 amide bonds. The van der Waals surface area contributed by atoms with E-state index in [1.807, 2.05) is 0 Å². The summed E-state index contributed by atoms with van der Waals surface area (Å²) in [5.41, 5.74) is 0.259. The summed E-state index contributed by atoms with van der Waals surface area (Å²) in [6, 6.07) is 4.70. The zero-order valence-corrected chi connectivity index (χ0v) is 13.6. The van der Waals surface area contributed by atoms with Gasteiger partial charge in [-0.15, -0.1) is 0 Å². The van der Waals surface area contributed by atoms with Crippen LogP contribution in [0.4, 0.5) is 17.6 Å². The van der Waals surface area contributed by atoms with E-state index in [0.29, 0.717) is 0 Å². The highest BCUT2D eigenvalue weighted by Crippen LogP contribution is 2.34. The van der Waals surface area contributed by atoms with E-state index in [1.165, 1.54) is 12.3 Å². The van der Waals surface area contributed by atoms with E-state index in [-0.39, 0.29) is 33.5 Å². The third-order valence-corrected chi connectivity index (χ3v) is 4.33. The Balaban J connectivity index is 2.32. The van der Waals surface area contributed by atoms with Crippen LogP contribution < -0.4 is 0 Å². The minimum absolute atomic E-state index is 0.0683. The van der Waals surface area contributed by atoms with Crippen LogP contribution in [-0.2, 0) is 10.8 Å². The molecule has 0 aliphatic heterocycles. The van der Waals surface area contributed by atoms with Crippen LogP contribution in [0, 0.1) is 23.3 Å². The number of Topliss-reactive ketones (excluding diaryl/α,β-unsaturated/α-hetero) is 1. The molecule has 0 fully saturated rings. The maximum absolute atomic E-state index is 13.7. The molecule has 3 rings (SSSR count). The standard InChI is InChI=1S/C17H11F4NO2S/c1-25(24)7-15(23)17-16(8-2-3-10(18)11(19)4-8)9-5-12(20)13(21)6-14(9)22-17/h2-6,22H,7H2,1H3. The summed E-state index contributed by atoms with van der Waals surface area (Å²) in [7, 11) is -1.45. The molecular weight excluding hydrogens is 358 g/mol. The normalized spacial score (nSPS) is 12.5. The van der Waals surface area contributed by atoms with Gasteiger partial charge in [-0.1, -0.05) is 6.07 Å². The van der Waals surface area contributed by atoms with Crippen molar-refractivity contribution in [2.75, 3.05) is 12.0 Å². The van der Waals surface area contributed by atoms with Crippen molar-refractivity contribution in [2.45, 2.75) is 0 Å². The van der Waals surface area contributed by atoms with Crippen molar-refractivity contribution >= 4 is 27.5 Å². The van der Waals surface area contributed by atoms with Crippen LogP contribution >= 0.6 is 0 Å². The van der Waals surface area contributed by atoms with E-state index in [2.05, 4.69) is 4.98 Å². The number of aromatic amines is 1. The highest BCUT2D eigenvalue weighted by Gasteiger charge is 2.22. The number of ketones is 1.